The Bertz CT molecular complexity index is 470. The first-order valence-electron chi connectivity index (χ1n) is 5.52. The van der Waals surface area contributed by atoms with Crippen molar-refractivity contribution >= 4 is 11.7 Å². The molecule has 0 spiro atoms. The first kappa shape index (κ1) is 11.6. The smallest absolute Gasteiger partial charge is 0.303 e. The molecule has 0 saturated heterocycles. The zero-order valence-electron chi connectivity index (χ0n) is 9.51. The first-order valence-corrected chi connectivity index (χ1v) is 5.52. The van der Waals surface area contributed by atoms with Gasteiger partial charge >= 0.3 is 5.97 Å². The van der Waals surface area contributed by atoms with Crippen LogP contribution >= 0.6 is 0 Å². The van der Waals surface area contributed by atoms with Gasteiger partial charge in [-0.2, -0.15) is 0 Å². The van der Waals surface area contributed by atoms with E-state index in [1.807, 2.05) is 0 Å². The highest BCUT2D eigenvalue weighted by Gasteiger charge is 2.24. The molecule has 0 fully saturated rings. The molecule has 0 aliphatic heterocycles. The molecule has 17 heavy (non-hydrogen) atoms. The molecule has 5 heteroatoms. The van der Waals surface area contributed by atoms with Crippen molar-refractivity contribution in [3.05, 3.63) is 39.4 Å². The number of ether oxygens (including phenoxy) is 1. The molecule has 1 aromatic carbocycles. The summed E-state index contributed by atoms with van der Waals surface area (Å²) >= 11 is 0. The average molecular weight is 235 g/mol. The molecule has 0 bridgehead atoms. The number of fused-ring (bicyclic) bond motifs is 1. The number of carbonyl (C=O) groups excluding carboxylic acids is 1. The van der Waals surface area contributed by atoms with Crippen molar-refractivity contribution in [2.75, 3.05) is 0 Å². The second-order valence-electron chi connectivity index (χ2n) is 4.13. The Morgan fingerprint density at radius 3 is 2.94 bits per heavy atom. The van der Waals surface area contributed by atoms with Crippen LogP contribution in [0.2, 0.25) is 0 Å². The van der Waals surface area contributed by atoms with E-state index < -0.39 is 4.92 Å². The Hall–Kier alpha value is -1.91. The molecule has 0 N–H and O–H groups in total. The number of nitrogens with zero attached hydrogens (tertiary/aromatic N) is 1. The molecule has 1 unspecified atom stereocenters. The van der Waals surface area contributed by atoms with Gasteiger partial charge in [0.25, 0.3) is 5.69 Å². The van der Waals surface area contributed by atoms with Gasteiger partial charge in [-0.3, -0.25) is 14.9 Å². The third-order valence-corrected chi connectivity index (χ3v) is 2.91. The zero-order valence-corrected chi connectivity index (χ0v) is 9.51. The van der Waals surface area contributed by atoms with Gasteiger partial charge in [-0.25, -0.2) is 0 Å². The molecule has 0 heterocycles. The van der Waals surface area contributed by atoms with E-state index in [-0.39, 0.29) is 17.8 Å². The largest absolute Gasteiger partial charge is 0.458 e. The molecule has 1 aliphatic carbocycles. The summed E-state index contributed by atoms with van der Waals surface area (Å²) in [7, 11) is 0. The molecule has 0 amide bonds. The van der Waals surface area contributed by atoms with Crippen LogP contribution in [-0.2, 0) is 16.0 Å². The molecular weight excluding hydrogens is 222 g/mol. The van der Waals surface area contributed by atoms with Gasteiger partial charge in [0.05, 0.1) is 4.92 Å². The van der Waals surface area contributed by atoms with Gasteiger partial charge in [0.2, 0.25) is 0 Å². The molecule has 1 aliphatic rings. The number of hydrogen-bond donors (Lipinski definition) is 0. The van der Waals surface area contributed by atoms with E-state index in [2.05, 4.69) is 0 Å². The number of carbonyl (C=O) groups is 1. The zero-order chi connectivity index (χ0) is 12.4. The molecule has 1 aromatic rings. The highest BCUT2D eigenvalue weighted by atomic mass is 16.6. The second-order valence-corrected chi connectivity index (χ2v) is 4.13. The number of esters is 1. The van der Waals surface area contributed by atoms with Crippen molar-refractivity contribution < 1.29 is 14.5 Å². The van der Waals surface area contributed by atoms with E-state index in [9.17, 15) is 14.9 Å². The van der Waals surface area contributed by atoms with E-state index in [4.69, 9.17) is 4.74 Å². The normalized spacial score (nSPS) is 18.3. The van der Waals surface area contributed by atoms with Crippen LogP contribution in [0.1, 0.15) is 37.0 Å². The van der Waals surface area contributed by atoms with Crippen LogP contribution in [0.5, 0.6) is 0 Å². The second kappa shape index (κ2) is 4.53. The van der Waals surface area contributed by atoms with Gasteiger partial charge in [0, 0.05) is 24.6 Å². The van der Waals surface area contributed by atoms with Gasteiger partial charge in [-0.05, 0) is 24.8 Å². The van der Waals surface area contributed by atoms with Crippen molar-refractivity contribution in [1.29, 1.82) is 0 Å². The molecule has 1 atom stereocenters. The number of hydrogen-bond acceptors (Lipinski definition) is 4. The number of rotatable bonds is 2. The summed E-state index contributed by atoms with van der Waals surface area (Å²) in [5, 5.41) is 10.7. The highest BCUT2D eigenvalue weighted by molar-refractivity contribution is 5.66. The fraction of sp³-hybridized carbons (Fsp3) is 0.417. The lowest BCUT2D eigenvalue weighted by Crippen LogP contribution is -2.15. The average Bonchev–Trinajstić information content (AvgIpc) is 2.28. The minimum atomic E-state index is -0.431. The van der Waals surface area contributed by atoms with Gasteiger partial charge in [-0.15, -0.1) is 0 Å². The molecule has 0 radical (unpaired) electrons. The van der Waals surface area contributed by atoms with Crippen LogP contribution in [0.25, 0.3) is 0 Å². The summed E-state index contributed by atoms with van der Waals surface area (Å²) in [6.07, 6.45) is 2.21. The lowest BCUT2D eigenvalue weighted by Gasteiger charge is -2.24. The summed E-state index contributed by atoms with van der Waals surface area (Å²) in [6, 6.07) is 4.76. The maximum absolute atomic E-state index is 11.0. The van der Waals surface area contributed by atoms with E-state index in [0.29, 0.717) is 0 Å². The highest BCUT2D eigenvalue weighted by Crippen LogP contribution is 2.34. The van der Waals surface area contributed by atoms with E-state index in [0.717, 1.165) is 30.4 Å². The third-order valence-electron chi connectivity index (χ3n) is 2.91. The predicted molar refractivity (Wildman–Crippen MR) is 60.5 cm³/mol. The summed E-state index contributed by atoms with van der Waals surface area (Å²) < 4.78 is 5.19. The molecule has 5 nitrogen and oxygen atoms in total. The van der Waals surface area contributed by atoms with Crippen molar-refractivity contribution in [1.82, 2.24) is 0 Å². The fourth-order valence-electron chi connectivity index (χ4n) is 2.18. The maximum atomic E-state index is 11.0. The number of nitro groups is 1. The number of benzene rings is 1. The van der Waals surface area contributed by atoms with E-state index in [1.165, 1.54) is 19.1 Å². The number of aryl methyl sites for hydroxylation is 1. The number of non-ortho nitro benzene ring substituents is 1. The summed E-state index contributed by atoms with van der Waals surface area (Å²) in [5.41, 5.74) is 1.86. The number of nitro benzene ring substituents is 1. The van der Waals surface area contributed by atoms with Crippen LogP contribution in [0.15, 0.2) is 18.2 Å². The van der Waals surface area contributed by atoms with Crippen LogP contribution < -0.4 is 0 Å². The van der Waals surface area contributed by atoms with Crippen molar-refractivity contribution in [2.24, 2.45) is 0 Å². The summed E-state index contributed by atoms with van der Waals surface area (Å²) in [4.78, 5) is 21.3. The SMILES string of the molecule is CC(=O)OC1CCCc2ccc([N+](=O)[O-])cc21. The van der Waals surface area contributed by atoms with Gasteiger partial charge < -0.3 is 4.74 Å². The molecular formula is C12H13NO4. The summed E-state index contributed by atoms with van der Waals surface area (Å²) in [6.45, 7) is 1.35. The van der Waals surface area contributed by atoms with Crippen molar-refractivity contribution in [3.63, 3.8) is 0 Å². The van der Waals surface area contributed by atoms with Crippen molar-refractivity contribution in [2.45, 2.75) is 32.3 Å². The molecule has 2 rings (SSSR count). The van der Waals surface area contributed by atoms with Gasteiger partial charge in [-0.1, -0.05) is 6.07 Å². The van der Waals surface area contributed by atoms with Crippen LogP contribution in [0, 0.1) is 10.1 Å². The predicted octanol–water partition coefficient (Wildman–Crippen LogP) is 2.54. The lowest BCUT2D eigenvalue weighted by molar-refractivity contribution is -0.385. The Kier molecular flexibility index (Phi) is 3.08. The molecule has 0 aromatic heterocycles. The monoisotopic (exact) mass is 235 g/mol. The van der Waals surface area contributed by atoms with Gasteiger partial charge in [0.15, 0.2) is 0 Å². The Labute approximate surface area is 98.5 Å². The minimum absolute atomic E-state index is 0.0443. The topological polar surface area (TPSA) is 69.4 Å². The standard InChI is InChI=1S/C12H13NO4/c1-8(14)17-12-4-2-3-9-5-6-10(13(15)16)7-11(9)12/h5-7,12H,2-4H2,1H3. The quantitative estimate of drug-likeness (QED) is 0.448. The molecule has 90 valence electrons. The third kappa shape index (κ3) is 2.43. The fourth-order valence-corrected chi connectivity index (χ4v) is 2.18. The first-order chi connectivity index (χ1) is 8.08. The minimum Gasteiger partial charge on any atom is -0.458 e. The van der Waals surface area contributed by atoms with Gasteiger partial charge in [0.1, 0.15) is 6.10 Å². The van der Waals surface area contributed by atoms with Crippen LogP contribution in [-0.4, -0.2) is 10.9 Å². The Morgan fingerprint density at radius 2 is 2.29 bits per heavy atom. The van der Waals surface area contributed by atoms with E-state index in [1.54, 1.807) is 6.07 Å². The summed E-state index contributed by atoms with van der Waals surface area (Å²) in [5.74, 6) is -0.352. The maximum Gasteiger partial charge on any atom is 0.303 e. The lowest BCUT2D eigenvalue weighted by atomic mass is 9.89. The van der Waals surface area contributed by atoms with E-state index >= 15 is 0 Å². The van der Waals surface area contributed by atoms with Crippen LogP contribution in [0.3, 0.4) is 0 Å². The Balaban J connectivity index is 2.37. The van der Waals surface area contributed by atoms with Crippen LogP contribution in [0.4, 0.5) is 5.69 Å². The Morgan fingerprint density at radius 1 is 1.53 bits per heavy atom. The van der Waals surface area contributed by atoms with Crippen molar-refractivity contribution in [3.8, 4) is 0 Å². The molecule has 0 saturated carbocycles.